The van der Waals surface area contributed by atoms with Crippen LogP contribution in [0.4, 0.5) is 4.39 Å². The van der Waals surface area contributed by atoms with Crippen molar-refractivity contribution in [3.8, 4) is 16.9 Å². The van der Waals surface area contributed by atoms with E-state index in [9.17, 15) is 18.8 Å². The van der Waals surface area contributed by atoms with Gasteiger partial charge in [0.05, 0.1) is 21.9 Å². The van der Waals surface area contributed by atoms with Gasteiger partial charge in [-0.15, -0.1) is 0 Å². The second-order valence-corrected chi connectivity index (χ2v) is 10.3. The minimum Gasteiger partial charge on any atom is -0.339 e. The van der Waals surface area contributed by atoms with Gasteiger partial charge in [-0.05, 0) is 61.1 Å². The molecule has 0 N–H and O–H groups in total. The predicted octanol–water partition coefficient (Wildman–Crippen LogP) is 5.48. The summed E-state index contributed by atoms with van der Waals surface area (Å²) in [7, 11) is 0. The molecular weight excluding hydrogens is 531 g/mol. The maximum absolute atomic E-state index is 14.9. The highest BCUT2D eigenvalue weighted by Crippen LogP contribution is 2.34. The lowest BCUT2D eigenvalue weighted by Gasteiger charge is -2.33. The second kappa shape index (κ2) is 11.2. The van der Waals surface area contributed by atoms with E-state index >= 15 is 0 Å². The van der Waals surface area contributed by atoms with Crippen molar-refractivity contribution in [3.05, 3.63) is 104 Å². The number of hydrogen-bond donors (Lipinski definition) is 0. The highest BCUT2D eigenvalue weighted by molar-refractivity contribution is 6.33. The van der Waals surface area contributed by atoms with Gasteiger partial charge >= 0.3 is 11.1 Å². The number of para-hydroxylation sites is 1. The molecule has 5 rings (SSSR count). The van der Waals surface area contributed by atoms with E-state index in [4.69, 9.17) is 16.6 Å². The molecule has 1 aliphatic rings. The minimum absolute atomic E-state index is 0.162. The first-order chi connectivity index (χ1) is 19.3. The Balaban J connectivity index is 1.84. The fourth-order valence-corrected chi connectivity index (χ4v) is 5.85. The summed E-state index contributed by atoms with van der Waals surface area (Å²) >= 11 is 6.72. The molecular formula is C31H30ClFN4O3. The molecule has 0 radical (unpaired) electrons. The maximum atomic E-state index is 14.9. The Kier molecular flexibility index (Phi) is 7.72. The summed E-state index contributed by atoms with van der Waals surface area (Å²) in [6, 6.07) is 13.2. The molecule has 2 aromatic heterocycles. The van der Waals surface area contributed by atoms with Gasteiger partial charge in [0.15, 0.2) is 5.65 Å². The molecule has 1 amide bonds. The van der Waals surface area contributed by atoms with Gasteiger partial charge in [-0.3, -0.25) is 23.5 Å². The molecule has 0 spiro atoms. The van der Waals surface area contributed by atoms with E-state index in [0.29, 0.717) is 50.0 Å². The molecule has 1 fully saturated rings. The summed E-state index contributed by atoms with van der Waals surface area (Å²) < 4.78 is 17.7. The molecule has 1 saturated heterocycles. The summed E-state index contributed by atoms with van der Waals surface area (Å²) in [5.74, 6) is -0.672. The third kappa shape index (κ3) is 4.66. The lowest BCUT2D eigenvalue weighted by Crippen LogP contribution is -2.46. The van der Waals surface area contributed by atoms with Crippen LogP contribution in [0.1, 0.15) is 43.9 Å². The average molecular weight is 561 g/mol. The standard InChI is InChI=1S/C31H30ClFN4O3/c1-4-19-10-9-11-20(5-2)28(19)37-29-25(18-23(32)27(34-29)22-12-7-8-13-24(22)33)36(30(39)31(37)40)21-14-16-35(17-15-21)26(38)6-3/h6-13,18,21H,3-5,14-17H2,1-2H3. The topological polar surface area (TPSA) is 77.2 Å². The predicted molar refractivity (Wildman–Crippen MR) is 156 cm³/mol. The number of aromatic nitrogens is 3. The Morgan fingerprint density at radius 2 is 1.70 bits per heavy atom. The number of aryl methyl sites for hydroxylation is 2. The van der Waals surface area contributed by atoms with Crippen molar-refractivity contribution in [2.24, 2.45) is 0 Å². The highest BCUT2D eigenvalue weighted by atomic mass is 35.5. The van der Waals surface area contributed by atoms with Gasteiger partial charge in [0.2, 0.25) is 5.91 Å². The number of carbonyl (C=O) groups excluding carboxylic acids is 1. The van der Waals surface area contributed by atoms with Gasteiger partial charge in [0.25, 0.3) is 0 Å². The molecule has 0 unspecified atom stereocenters. The molecule has 0 atom stereocenters. The van der Waals surface area contributed by atoms with Crippen molar-refractivity contribution >= 4 is 28.7 Å². The Morgan fingerprint density at radius 3 is 2.30 bits per heavy atom. The summed E-state index contributed by atoms with van der Waals surface area (Å²) in [6.45, 7) is 8.36. The minimum atomic E-state index is -0.734. The van der Waals surface area contributed by atoms with Crippen molar-refractivity contribution in [2.45, 2.75) is 45.6 Å². The van der Waals surface area contributed by atoms with Crippen LogP contribution in [0, 0.1) is 5.82 Å². The van der Waals surface area contributed by atoms with Gasteiger partial charge in [-0.1, -0.05) is 62.4 Å². The van der Waals surface area contributed by atoms with Gasteiger partial charge in [-0.25, -0.2) is 9.37 Å². The lowest BCUT2D eigenvalue weighted by atomic mass is 10.0. The number of fused-ring (bicyclic) bond motifs is 1. The van der Waals surface area contributed by atoms with E-state index in [1.165, 1.54) is 21.3 Å². The second-order valence-electron chi connectivity index (χ2n) is 9.85. The van der Waals surface area contributed by atoms with Crippen LogP contribution in [0.3, 0.4) is 0 Å². The third-order valence-corrected chi connectivity index (χ3v) is 7.93. The van der Waals surface area contributed by atoms with Crippen LogP contribution >= 0.6 is 11.6 Å². The number of piperidine rings is 1. The van der Waals surface area contributed by atoms with Crippen molar-refractivity contribution < 1.29 is 9.18 Å². The average Bonchev–Trinajstić information content (AvgIpc) is 2.98. The van der Waals surface area contributed by atoms with E-state index < -0.39 is 16.9 Å². The van der Waals surface area contributed by atoms with Crippen molar-refractivity contribution in [3.63, 3.8) is 0 Å². The van der Waals surface area contributed by atoms with Gasteiger partial charge < -0.3 is 4.90 Å². The SMILES string of the molecule is C=CC(=O)N1CCC(n2c(=O)c(=O)n(-c3c(CC)cccc3CC)c3nc(-c4ccccc4F)c(Cl)cc32)CC1. The van der Waals surface area contributed by atoms with Gasteiger partial charge in [0.1, 0.15) is 5.82 Å². The van der Waals surface area contributed by atoms with E-state index in [-0.39, 0.29) is 33.9 Å². The van der Waals surface area contributed by atoms with E-state index in [1.54, 1.807) is 29.2 Å². The molecule has 0 saturated carbocycles. The Bertz CT molecular complexity index is 1730. The molecule has 7 nitrogen and oxygen atoms in total. The summed E-state index contributed by atoms with van der Waals surface area (Å²) in [5, 5.41) is 0.162. The van der Waals surface area contributed by atoms with E-state index in [1.807, 2.05) is 32.0 Å². The number of likely N-dealkylation sites (tertiary alicyclic amines) is 1. The molecule has 0 aliphatic carbocycles. The molecule has 1 aliphatic heterocycles. The Hall–Kier alpha value is -4.04. The van der Waals surface area contributed by atoms with Crippen LogP contribution < -0.4 is 11.1 Å². The monoisotopic (exact) mass is 560 g/mol. The number of halogens is 2. The van der Waals surface area contributed by atoms with E-state index in [0.717, 1.165) is 11.1 Å². The largest absolute Gasteiger partial charge is 0.339 e. The zero-order chi connectivity index (χ0) is 28.6. The highest BCUT2D eigenvalue weighted by Gasteiger charge is 2.28. The Morgan fingerprint density at radius 1 is 1.05 bits per heavy atom. The fraction of sp³-hybridized carbons (Fsp3) is 0.290. The number of nitrogens with zero attached hydrogens (tertiary/aromatic N) is 4. The lowest BCUT2D eigenvalue weighted by molar-refractivity contribution is -0.127. The zero-order valence-electron chi connectivity index (χ0n) is 22.5. The number of amides is 1. The normalized spacial score (nSPS) is 14.1. The molecule has 2 aromatic carbocycles. The third-order valence-electron chi connectivity index (χ3n) is 7.65. The van der Waals surface area contributed by atoms with E-state index in [2.05, 4.69) is 6.58 Å². The van der Waals surface area contributed by atoms with Crippen molar-refractivity contribution in [2.75, 3.05) is 13.1 Å². The number of benzene rings is 2. The quantitative estimate of drug-likeness (QED) is 0.231. The first kappa shape index (κ1) is 27.5. The molecule has 206 valence electrons. The van der Waals surface area contributed by atoms with Crippen LogP contribution in [0.15, 0.2) is 70.8 Å². The molecule has 0 bridgehead atoms. The van der Waals surface area contributed by atoms with Gasteiger partial charge in [0, 0.05) is 24.7 Å². The number of rotatable bonds is 6. The molecule has 3 heterocycles. The summed E-state index contributed by atoms with van der Waals surface area (Å²) in [5.41, 5.74) is 1.97. The van der Waals surface area contributed by atoms with Gasteiger partial charge in [-0.2, -0.15) is 0 Å². The van der Waals surface area contributed by atoms with Crippen LogP contribution in [0.25, 0.3) is 28.1 Å². The summed E-state index contributed by atoms with van der Waals surface area (Å²) in [4.78, 5) is 46.5. The zero-order valence-corrected chi connectivity index (χ0v) is 23.2. The van der Waals surface area contributed by atoms with Crippen LogP contribution in [0.2, 0.25) is 5.02 Å². The van der Waals surface area contributed by atoms with Crippen molar-refractivity contribution in [1.29, 1.82) is 0 Å². The number of carbonyl (C=O) groups is 1. The summed E-state index contributed by atoms with van der Waals surface area (Å²) in [6.07, 6.45) is 3.47. The molecule has 9 heteroatoms. The molecule has 40 heavy (non-hydrogen) atoms. The number of hydrogen-bond acceptors (Lipinski definition) is 4. The van der Waals surface area contributed by atoms with Crippen LogP contribution in [-0.2, 0) is 17.6 Å². The fourth-order valence-electron chi connectivity index (χ4n) is 5.60. The first-order valence-electron chi connectivity index (χ1n) is 13.5. The van der Waals surface area contributed by atoms with Crippen molar-refractivity contribution in [1.82, 2.24) is 19.0 Å². The Labute approximate surface area is 236 Å². The first-order valence-corrected chi connectivity index (χ1v) is 13.8. The smallest absolute Gasteiger partial charge is 0.322 e. The van der Waals surface area contributed by atoms with Crippen LogP contribution in [0.5, 0.6) is 0 Å². The van der Waals surface area contributed by atoms with Crippen LogP contribution in [-0.4, -0.2) is 38.0 Å². The molecule has 4 aromatic rings. The maximum Gasteiger partial charge on any atom is 0.322 e. The number of pyridine rings is 1.